The molecule has 2 aromatic heterocycles. The van der Waals surface area contributed by atoms with Gasteiger partial charge in [-0.05, 0) is 55.5 Å². The molecule has 4 nitrogen and oxygen atoms in total. The van der Waals surface area contributed by atoms with E-state index < -0.39 is 0 Å². The Balaban J connectivity index is 1.68. The normalized spacial score (nSPS) is 11.5. The third-order valence-electron chi connectivity index (χ3n) is 3.29. The molecule has 6 heteroatoms. The molecule has 0 bridgehead atoms. The van der Waals surface area contributed by atoms with Crippen LogP contribution in [0.25, 0.3) is 5.69 Å². The molecule has 0 aliphatic heterocycles. The van der Waals surface area contributed by atoms with E-state index in [0.29, 0.717) is 9.90 Å². The molecule has 1 N–H and O–H groups in total. The van der Waals surface area contributed by atoms with E-state index in [1.165, 1.54) is 11.3 Å². The fourth-order valence-electron chi connectivity index (χ4n) is 2.05. The molecule has 1 amide bonds. The molecule has 116 valence electrons. The zero-order chi connectivity index (χ0) is 16.2. The number of hydrogen-bond donors (Lipinski definition) is 1. The standard InChI is InChI=1S/C17H14ClN3OS/c1-12(15-8-9-16(18)23-15)19-20-17(22)13-4-6-14(7-5-13)21-10-2-3-11-21/h2-11H,1H3,(H,20,22). The summed E-state index contributed by atoms with van der Waals surface area (Å²) in [6, 6.07) is 14.9. The van der Waals surface area contributed by atoms with Gasteiger partial charge in [-0.3, -0.25) is 4.79 Å². The Hall–Kier alpha value is -2.37. The molecule has 23 heavy (non-hydrogen) atoms. The van der Waals surface area contributed by atoms with Crippen LogP contribution in [-0.2, 0) is 0 Å². The lowest BCUT2D eigenvalue weighted by Gasteiger charge is -2.05. The number of nitrogens with one attached hydrogen (secondary N) is 1. The number of thiophene rings is 1. The van der Waals surface area contributed by atoms with Crippen LogP contribution in [0.3, 0.4) is 0 Å². The number of amides is 1. The first kappa shape index (κ1) is 15.5. The third-order valence-corrected chi connectivity index (χ3v) is 4.63. The van der Waals surface area contributed by atoms with Gasteiger partial charge in [0.2, 0.25) is 0 Å². The molecule has 2 heterocycles. The lowest BCUT2D eigenvalue weighted by molar-refractivity contribution is 0.0955. The molecule has 0 aliphatic rings. The summed E-state index contributed by atoms with van der Waals surface area (Å²) in [5, 5.41) is 4.12. The summed E-state index contributed by atoms with van der Waals surface area (Å²) in [6.07, 6.45) is 3.91. The van der Waals surface area contributed by atoms with E-state index in [2.05, 4.69) is 10.5 Å². The molecular weight excluding hydrogens is 330 g/mol. The van der Waals surface area contributed by atoms with Crippen molar-refractivity contribution in [3.8, 4) is 5.69 Å². The van der Waals surface area contributed by atoms with Crippen molar-refractivity contribution in [1.82, 2.24) is 9.99 Å². The molecule has 0 spiro atoms. The van der Waals surface area contributed by atoms with E-state index in [1.54, 1.807) is 12.1 Å². The Morgan fingerprint density at radius 3 is 2.43 bits per heavy atom. The molecule has 0 saturated heterocycles. The van der Waals surface area contributed by atoms with Crippen LogP contribution in [0.15, 0.2) is 66.0 Å². The van der Waals surface area contributed by atoms with Crippen molar-refractivity contribution in [2.24, 2.45) is 5.10 Å². The molecule has 3 rings (SSSR count). The number of aromatic nitrogens is 1. The summed E-state index contributed by atoms with van der Waals surface area (Å²) < 4.78 is 2.67. The molecule has 0 aliphatic carbocycles. The van der Waals surface area contributed by atoms with Gasteiger partial charge in [-0.25, -0.2) is 5.43 Å². The summed E-state index contributed by atoms with van der Waals surface area (Å²) in [5.74, 6) is -0.244. The first-order valence-electron chi connectivity index (χ1n) is 6.97. The highest BCUT2D eigenvalue weighted by atomic mass is 35.5. The SMILES string of the molecule is CC(=NNC(=O)c1ccc(-n2cccc2)cc1)c1ccc(Cl)s1. The average molecular weight is 344 g/mol. The molecule has 0 unspecified atom stereocenters. The van der Waals surface area contributed by atoms with Crippen molar-refractivity contribution in [3.05, 3.63) is 75.7 Å². The van der Waals surface area contributed by atoms with E-state index in [1.807, 2.05) is 60.3 Å². The molecule has 3 aromatic rings. The van der Waals surface area contributed by atoms with Crippen LogP contribution < -0.4 is 5.43 Å². The Labute approximate surface area is 143 Å². The first-order valence-corrected chi connectivity index (χ1v) is 8.17. The highest BCUT2D eigenvalue weighted by molar-refractivity contribution is 7.18. The largest absolute Gasteiger partial charge is 0.324 e. The number of halogens is 1. The van der Waals surface area contributed by atoms with Gasteiger partial charge in [-0.15, -0.1) is 11.3 Å². The number of carbonyl (C=O) groups is 1. The van der Waals surface area contributed by atoms with Crippen LogP contribution in [0.5, 0.6) is 0 Å². The van der Waals surface area contributed by atoms with Gasteiger partial charge in [-0.2, -0.15) is 5.10 Å². The van der Waals surface area contributed by atoms with Gasteiger partial charge >= 0.3 is 0 Å². The van der Waals surface area contributed by atoms with E-state index in [9.17, 15) is 4.79 Å². The van der Waals surface area contributed by atoms with Gasteiger partial charge in [0.25, 0.3) is 5.91 Å². The van der Waals surface area contributed by atoms with Crippen molar-refractivity contribution in [2.45, 2.75) is 6.92 Å². The van der Waals surface area contributed by atoms with Crippen molar-refractivity contribution >= 4 is 34.6 Å². The highest BCUT2D eigenvalue weighted by Crippen LogP contribution is 2.21. The molecule has 0 saturated carbocycles. The molecule has 0 atom stereocenters. The Morgan fingerprint density at radius 1 is 1.13 bits per heavy atom. The fraction of sp³-hybridized carbons (Fsp3) is 0.0588. The van der Waals surface area contributed by atoms with Crippen molar-refractivity contribution < 1.29 is 4.79 Å². The van der Waals surface area contributed by atoms with Gasteiger partial charge < -0.3 is 4.57 Å². The minimum absolute atomic E-state index is 0.244. The van der Waals surface area contributed by atoms with Crippen LogP contribution in [0, 0.1) is 0 Å². The van der Waals surface area contributed by atoms with Gasteiger partial charge in [0.05, 0.1) is 14.9 Å². The summed E-state index contributed by atoms with van der Waals surface area (Å²) >= 11 is 7.32. The Morgan fingerprint density at radius 2 is 1.83 bits per heavy atom. The van der Waals surface area contributed by atoms with E-state index in [4.69, 9.17) is 11.6 Å². The second-order valence-corrected chi connectivity index (χ2v) is 6.59. The number of carbonyl (C=O) groups excluding carboxylic acids is 1. The number of hydrazone groups is 1. The summed E-state index contributed by atoms with van der Waals surface area (Å²) in [4.78, 5) is 13.1. The first-order chi connectivity index (χ1) is 11.1. The topological polar surface area (TPSA) is 46.4 Å². The molecular formula is C17H14ClN3OS. The van der Waals surface area contributed by atoms with Gasteiger partial charge in [0.1, 0.15) is 0 Å². The van der Waals surface area contributed by atoms with Crippen molar-refractivity contribution in [2.75, 3.05) is 0 Å². The Bertz CT molecular complexity index is 835. The smallest absolute Gasteiger partial charge is 0.271 e. The number of hydrogen-bond acceptors (Lipinski definition) is 3. The molecule has 1 aromatic carbocycles. The lowest BCUT2D eigenvalue weighted by Crippen LogP contribution is -2.19. The zero-order valence-electron chi connectivity index (χ0n) is 12.4. The van der Waals surface area contributed by atoms with E-state index >= 15 is 0 Å². The molecule has 0 radical (unpaired) electrons. The van der Waals surface area contributed by atoms with Crippen LogP contribution in [0.4, 0.5) is 0 Å². The van der Waals surface area contributed by atoms with Gasteiger partial charge in [0.15, 0.2) is 0 Å². The maximum absolute atomic E-state index is 12.1. The lowest BCUT2D eigenvalue weighted by atomic mass is 10.2. The second-order valence-electron chi connectivity index (χ2n) is 4.88. The summed E-state index contributed by atoms with van der Waals surface area (Å²) in [7, 11) is 0. The minimum Gasteiger partial charge on any atom is -0.324 e. The highest BCUT2D eigenvalue weighted by Gasteiger charge is 2.06. The van der Waals surface area contributed by atoms with E-state index in [-0.39, 0.29) is 5.91 Å². The van der Waals surface area contributed by atoms with Crippen molar-refractivity contribution in [1.29, 1.82) is 0 Å². The summed E-state index contributed by atoms with van der Waals surface area (Å²) in [6.45, 7) is 1.83. The quantitative estimate of drug-likeness (QED) is 0.555. The third kappa shape index (κ3) is 3.70. The van der Waals surface area contributed by atoms with Crippen LogP contribution in [-0.4, -0.2) is 16.2 Å². The van der Waals surface area contributed by atoms with Gasteiger partial charge in [-0.1, -0.05) is 11.6 Å². The zero-order valence-corrected chi connectivity index (χ0v) is 13.9. The van der Waals surface area contributed by atoms with Crippen molar-refractivity contribution in [3.63, 3.8) is 0 Å². The number of rotatable bonds is 4. The number of benzene rings is 1. The Kier molecular flexibility index (Phi) is 4.60. The second kappa shape index (κ2) is 6.81. The minimum atomic E-state index is -0.244. The predicted molar refractivity (Wildman–Crippen MR) is 94.8 cm³/mol. The average Bonchev–Trinajstić information content (AvgIpc) is 3.24. The van der Waals surface area contributed by atoms with Crippen LogP contribution >= 0.6 is 22.9 Å². The monoisotopic (exact) mass is 343 g/mol. The summed E-state index contributed by atoms with van der Waals surface area (Å²) in [5.41, 5.74) is 4.84. The van der Waals surface area contributed by atoms with E-state index in [0.717, 1.165) is 16.3 Å². The number of nitrogens with zero attached hydrogens (tertiary/aromatic N) is 2. The van der Waals surface area contributed by atoms with Crippen LogP contribution in [0.2, 0.25) is 4.34 Å². The maximum Gasteiger partial charge on any atom is 0.271 e. The molecule has 0 fully saturated rings. The van der Waals surface area contributed by atoms with Gasteiger partial charge in [0, 0.05) is 23.6 Å². The van der Waals surface area contributed by atoms with Crippen LogP contribution in [0.1, 0.15) is 22.2 Å². The predicted octanol–water partition coefficient (Wildman–Crippen LogP) is 4.35. The fourth-order valence-corrected chi connectivity index (χ4v) is 3.04. The maximum atomic E-state index is 12.1.